The summed E-state index contributed by atoms with van der Waals surface area (Å²) in [4.78, 5) is 27.8. The summed E-state index contributed by atoms with van der Waals surface area (Å²) >= 11 is 5.69. The van der Waals surface area contributed by atoms with E-state index in [-0.39, 0.29) is 6.54 Å². The van der Waals surface area contributed by atoms with E-state index < -0.39 is 24.5 Å². The van der Waals surface area contributed by atoms with Gasteiger partial charge in [0.1, 0.15) is 11.9 Å². The number of rotatable bonds is 6. The minimum absolute atomic E-state index is 0.0849. The van der Waals surface area contributed by atoms with Crippen LogP contribution in [-0.2, 0) is 9.59 Å². The molecule has 0 aromatic carbocycles. The first kappa shape index (κ1) is 15.2. The number of amides is 1. The number of nitrogens with zero attached hydrogens (tertiary/aromatic N) is 2. The lowest BCUT2D eigenvalue weighted by atomic mass is 10.3. The Bertz CT molecular complexity index is 452. The summed E-state index contributed by atoms with van der Waals surface area (Å²) in [6.45, 7) is -0.748. The van der Waals surface area contributed by atoms with Crippen molar-refractivity contribution in [1.29, 1.82) is 0 Å². The lowest BCUT2D eigenvalue weighted by Gasteiger charge is -2.19. The van der Waals surface area contributed by atoms with Crippen LogP contribution in [0.5, 0.6) is 0 Å². The van der Waals surface area contributed by atoms with Crippen LogP contribution in [0.1, 0.15) is 0 Å². The molecule has 19 heavy (non-hydrogen) atoms. The van der Waals surface area contributed by atoms with E-state index in [4.69, 9.17) is 21.8 Å². The van der Waals surface area contributed by atoms with E-state index in [1.807, 2.05) is 0 Å². The Balaban J connectivity index is 2.56. The van der Waals surface area contributed by atoms with E-state index in [0.717, 1.165) is 0 Å². The number of aliphatic carboxylic acids is 1. The van der Waals surface area contributed by atoms with E-state index in [1.54, 1.807) is 19.2 Å². The third-order valence-corrected chi connectivity index (χ3v) is 2.52. The predicted molar refractivity (Wildman–Crippen MR) is 69.2 cm³/mol. The maximum Gasteiger partial charge on any atom is 0.328 e. The first-order valence-electron chi connectivity index (χ1n) is 5.39. The summed E-state index contributed by atoms with van der Waals surface area (Å²) in [5.74, 6) is -1.29. The standard InChI is InChI=1S/C11H14ClN3O4/c1-15(9-3-2-7(12)4-13-9)5-10(17)14-8(6-16)11(18)19/h2-4,8,16H,5-6H2,1H3,(H,14,17)(H,18,19). The third-order valence-electron chi connectivity index (χ3n) is 2.30. The fraction of sp³-hybridized carbons (Fsp3) is 0.364. The van der Waals surface area contributed by atoms with Crippen LogP contribution in [-0.4, -0.2) is 53.3 Å². The van der Waals surface area contributed by atoms with E-state index in [0.29, 0.717) is 10.8 Å². The summed E-state index contributed by atoms with van der Waals surface area (Å²) in [5.41, 5.74) is 0. The van der Waals surface area contributed by atoms with Crippen LogP contribution in [0.25, 0.3) is 0 Å². The van der Waals surface area contributed by atoms with Gasteiger partial charge in [0.05, 0.1) is 18.2 Å². The molecular weight excluding hydrogens is 274 g/mol. The van der Waals surface area contributed by atoms with Gasteiger partial charge in [-0.3, -0.25) is 4.79 Å². The van der Waals surface area contributed by atoms with Gasteiger partial charge in [0.2, 0.25) is 5.91 Å². The quantitative estimate of drug-likeness (QED) is 0.666. The number of carboxylic acid groups (broad SMARTS) is 1. The number of halogens is 1. The normalized spacial score (nSPS) is 11.7. The molecule has 8 heteroatoms. The van der Waals surface area contributed by atoms with Crippen molar-refractivity contribution >= 4 is 29.3 Å². The molecule has 0 aliphatic carbocycles. The molecule has 3 N–H and O–H groups in total. The second-order valence-electron chi connectivity index (χ2n) is 3.83. The molecule has 1 aromatic heterocycles. The van der Waals surface area contributed by atoms with Gasteiger partial charge in [0, 0.05) is 13.2 Å². The number of carbonyl (C=O) groups is 2. The summed E-state index contributed by atoms with van der Waals surface area (Å²) in [6.07, 6.45) is 1.44. The number of aliphatic hydroxyl groups excluding tert-OH is 1. The number of hydrogen-bond donors (Lipinski definition) is 3. The summed E-state index contributed by atoms with van der Waals surface area (Å²) in [5, 5.41) is 20.2. The van der Waals surface area contributed by atoms with Crippen LogP contribution in [0, 0.1) is 0 Å². The molecule has 1 rings (SSSR count). The van der Waals surface area contributed by atoms with Gasteiger partial charge in [-0.1, -0.05) is 11.6 Å². The Labute approximate surface area is 114 Å². The van der Waals surface area contributed by atoms with Gasteiger partial charge in [0.25, 0.3) is 0 Å². The zero-order valence-electron chi connectivity index (χ0n) is 10.2. The Kier molecular flexibility index (Phi) is 5.53. The van der Waals surface area contributed by atoms with Gasteiger partial charge in [-0.25, -0.2) is 9.78 Å². The number of aliphatic hydroxyl groups is 1. The fourth-order valence-electron chi connectivity index (χ4n) is 1.32. The summed E-state index contributed by atoms with van der Waals surface area (Å²) < 4.78 is 0. The van der Waals surface area contributed by atoms with Crippen molar-refractivity contribution in [3.8, 4) is 0 Å². The fourth-order valence-corrected chi connectivity index (χ4v) is 1.43. The summed E-state index contributed by atoms with van der Waals surface area (Å²) in [7, 11) is 1.63. The van der Waals surface area contributed by atoms with Crippen LogP contribution in [0.2, 0.25) is 5.02 Å². The van der Waals surface area contributed by atoms with Crippen molar-refractivity contribution in [2.24, 2.45) is 0 Å². The van der Waals surface area contributed by atoms with Crippen molar-refractivity contribution in [3.63, 3.8) is 0 Å². The lowest BCUT2D eigenvalue weighted by Crippen LogP contribution is -2.47. The Morgan fingerprint density at radius 3 is 2.68 bits per heavy atom. The van der Waals surface area contributed by atoms with Gasteiger partial charge in [-0.05, 0) is 12.1 Å². The van der Waals surface area contributed by atoms with Crippen molar-refractivity contribution in [3.05, 3.63) is 23.4 Å². The zero-order valence-corrected chi connectivity index (χ0v) is 11.0. The van der Waals surface area contributed by atoms with E-state index >= 15 is 0 Å². The smallest absolute Gasteiger partial charge is 0.328 e. The number of carbonyl (C=O) groups excluding carboxylic acids is 1. The highest BCUT2D eigenvalue weighted by Gasteiger charge is 2.19. The average molecular weight is 288 g/mol. The zero-order chi connectivity index (χ0) is 14.4. The largest absolute Gasteiger partial charge is 0.480 e. The molecule has 1 heterocycles. The maximum atomic E-state index is 11.6. The summed E-state index contributed by atoms with van der Waals surface area (Å²) in [6, 6.07) is 1.96. The van der Waals surface area contributed by atoms with E-state index in [2.05, 4.69) is 10.3 Å². The molecule has 1 amide bonds. The average Bonchev–Trinajstić information content (AvgIpc) is 2.36. The van der Waals surface area contributed by atoms with Crippen molar-refractivity contribution < 1.29 is 19.8 Å². The molecule has 0 bridgehead atoms. The number of anilines is 1. The number of pyridine rings is 1. The molecule has 7 nitrogen and oxygen atoms in total. The van der Waals surface area contributed by atoms with Crippen LogP contribution < -0.4 is 10.2 Å². The Morgan fingerprint density at radius 1 is 1.53 bits per heavy atom. The van der Waals surface area contributed by atoms with Crippen LogP contribution in [0.4, 0.5) is 5.82 Å². The molecule has 1 aromatic rings. The molecule has 0 fully saturated rings. The van der Waals surface area contributed by atoms with Gasteiger partial charge in [0.15, 0.2) is 0 Å². The Hall–Kier alpha value is -1.86. The number of aromatic nitrogens is 1. The van der Waals surface area contributed by atoms with E-state index in [1.165, 1.54) is 11.1 Å². The number of carboxylic acids is 1. The molecule has 0 aliphatic rings. The molecule has 0 saturated heterocycles. The number of likely N-dealkylation sites (N-methyl/N-ethyl adjacent to an activating group) is 1. The lowest BCUT2D eigenvalue weighted by molar-refractivity contribution is -0.142. The molecule has 0 radical (unpaired) electrons. The molecule has 1 atom stereocenters. The second kappa shape index (κ2) is 6.91. The number of nitrogens with one attached hydrogen (secondary N) is 1. The van der Waals surface area contributed by atoms with E-state index in [9.17, 15) is 9.59 Å². The first-order valence-corrected chi connectivity index (χ1v) is 5.77. The highest BCUT2D eigenvalue weighted by Crippen LogP contribution is 2.12. The van der Waals surface area contributed by atoms with Crippen LogP contribution >= 0.6 is 11.6 Å². The first-order chi connectivity index (χ1) is 8.93. The second-order valence-corrected chi connectivity index (χ2v) is 4.27. The molecular formula is C11H14ClN3O4. The molecule has 0 aliphatic heterocycles. The van der Waals surface area contributed by atoms with Gasteiger partial charge in [-0.2, -0.15) is 0 Å². The van der Waals surface area contributed by atoms with Crippen molar-refractivity contribution in [1.82, 2.24) is 10.3 Å². The minimum Gasteiger partial charge on any atom is -0.480 e. The van der Waals surface area contributed by atoms with Gasteiger partial charge < -0.3 is 20.4 Å². The maximum absolute atomic E-state index is 11.6. The van der Waals surface area contributed by atoms with Crippen molar-refractivity contribution in [2.45, 2.75) is 6.04 Å². The SMILES string of the molecule is CN(CC(=O)NC(CO)C(=O)O)c1ccc(Cl)cn1. The molecule has 1 unspecified atom stereocenters. The molecule has 0 saturated carbocycles. The molecule has 104 valence electrons. The molecule has 0 spiro atoms. The highest BCUT2D eigenvalue weighted by atomic mass is 35.5. The third kappa shape index (κ3) is 4.72. The van der Waals surface area contributed by atoms with Gasteiger partial charge in [-0.15, -0.1) is 0 Å². The van der Waals surface area contributed by atoms with Crippen molar-refractivity contribution in [2.75, 3.05) is 25.1 Å². The Morgan fingerprint density at radius 2 is 2.21 bits per heavy atom. The highest BCUT2D eigenvalue weighted by molar-refractivity contribution is 6.30. The monoisotopic (exact) mass is 287 g/mol. The van der Waals surface area contributed by atoms with Crippen LogP contribution in [0.15, 0.2) is 18.3 Å². The van der Waals surface area contributed by atoms with Gasteiger partial charge >= 0.3 is 5.97 Å². The minimum atomic E-state index is -1.31. The van der Waals surface area contributed by atoms with Crippen LogP contribution in [0.3, 0.4) is 0 Å². The predicted octanol–water partition coefficient (Wildman–Crippen LogP) is -0.267. The number of hydrogen-bond acceptors (Lipinski definition) is 5. The topological polar surface area (TPSA) is 103 Å².